The van der Waals surface area contributed by atoms with Crippen LogP contribution in [0.2, 0.25) is 0 Å². The standard InChI is InChI=1S/C15H16O3/c16-13-11-8-4-5-9-12(11)18-15(14(13)17)10-6-2-1-3-7-10/h1-9,11-17H. The Morgan fingerprint density at radius 1 is 0.889 bits per heavy atom. The highest BCUT2D eigenvalue weighted by atomic mass is 16.5. The molecule has 1 aliphatic carbocycles. The van der Waals surface area contributed by atoms with E-state index in [0.717, 1.165) is 5.56 Å². The monoisotopic (exact) mass is 244 g/mol. The van der Waals surface area contributed by atoms with E-state index in [1.165, 1.54) is 0 Å². The summed E-state index contributed by atoms with van der Waals surface area (Å²) in [7, 11) is 0. The first-order chi connectivity index (χ1) is 8.77. The zero-order valence-corrected chi connectivity index (χ0v) is 9.89. The van der Waals surface area contributed by atoms with Gasteiger partial charge in [0.1, 0.15) is 12.2 Å². The van der Waals surface area contributed by atoms with Crippen molar-refractivity contribution >= 4 is 0 Å². The molecule has 1 heterocycles. The second kappa shape index (κ2) is 4.69. The molecule has 3 rings (SSSR count). The van der Waals surface area contributed by atoms with Crippen LogP contribution < -0.4 is 0 Å². The number of hydrogen-bond donors (Lipinski definition) is 2. The predicted octanol–water partition coefficient (Wildman–Crippen LogP) is 1.59. The van der Waals surface area contributed by atoms with Crippen LogP contribution >= 0.6 is 0 Å². The van der Waals surface area contributed by atoms with Gasteiger partial charge in [0.15, 0.2) is 0 Å². The Kier molecular flexibility index (Phi) is 3.04. The number of ether oxygens (including phenoxy) is 1. The maximum Gasteiger partial charge on any atom is 0.112 e. The van der Waals surface area contributed by atoms with Crippen molar-refractivity contribution in [2.24, 2.45) is 5.92 Å². The molecule has 0 aromatic heterocycles. The second-order valence-corrected chi connectivity index (χ2v) is 4.76. The zero-order valence-electron chi connectivity index (χ0n) is 9.89. The Morgan fingerprint density at radius 3 is 2.39 bits per heavy atom. The summed E-state index contributed by atoms with van der Waals surface area (Å²) in [4.78, 5) is 0. The molecular formula is C15H16O3. The van der Waals surface area contributed by atoms with Crippen molar-refractivity contribution in [2.75, 3.05) is 0 Å². The Balaban J connectivity index is 1.89. The molecule has 1 saturated heterocycles. The number of fused-ring (bicyclic) bond motifs is 1. The molecule has 0 bridgehead atoms. The van der Waals surface area contributed by atoms with E-state index in [9.17, 15) is 10.2 Å². The fraction of sp³-hybridized carbons (Fsp3) is 0.333. The van der Waals surface area contributed by atoms with Crippen molar-refractivity contribution in [3.05, 3.63) is 60.2 Å². The Morgan fingerprint density at radius 2 is 1.61 bits per heavy atom. The van der Waals surface area contributed by atoms with Crippen LogP contribution in [0.4, 0.5) is 0 Å². The van der Waals surface area contributed by atoms with Gasteiger partial charge in [0.25, 0.3) is 0 Å². The van der Waals surface area contributed by atoms with Crippen LogP contribution in [-0.4, -0.2) is 28.5 Å². The van der Waals surface area contributed by atoms with Gasteiger partial charge in [-0.1, -0.05) is 54.6 Å². The summed E-state index contributed by atoms with van der Waals surface area (Å²) < 4.78 is 5.91. The minimum absolute atomic E-state index is 0.162. The smallest absolute Gasteiger partial charge is 0.112 e. The molecule has 2 aliphatic rings. The van der Waals surface area contributed by atoms with Gasteiger partial charge in [-0.3, -0.25) is 0 Å². The average Bonchev–Trinajstić information content (AvgIpc) is 2.44. The van der Waals surface area contributed by atoms with Gasteiger partial charge in [0.05, 0.1) is 12.2 Å². The van der Waals surface area contributed by atoms with Crippen molar-refractivity contribution in [2.45, 2.75) is 24.4 Å². The van der Waals surface area contributed by atoms with Crippen LogP contribution in [-0.2, 0) is 4.74 Å². The lowest BCUT2D eigenvalue weighted by atomic mass is 9.82. The van der Waals surface area contributed by atoms with Crippen LogP contribution in [0.1, 0.15) is 11.7 Å². The van der Waals surface area contributed by atoms with Crippen LogP contribution in [0.3, 0.4) is 0 Å². The number of hydrogen-bond acceptors (Lipinski definition) is 3. The lowest BCUT2D eigenvalue weighted by Gasteiger charge is -2.42. The highest BCUT2D eigenvalue weighted by molar-refractivity contribution is 5.24. The molecule has 0 saturated carbocycles. The molecule has 2 N–H and O–H groups in total. The minimum Gasteiger partial charge on any atom is -0.390 e. The van der Waals surface area contributed by atoms with Crippen LogP contribution in [0, 0.1) is 5.92 Å². The zero-order chi connectivity index (χ0) is 12.5. The van der Waals surface area contributed by atoms with Crippen LogP contribution in [0.5, 0.6) is 0 Å². The molecule has 1 aromatic carbocycles. The quantitative estimate of drug-likeness (QED) is 0.788. The molecule has 3 heteroatoms. The van der Waals surface area contributed by atoms with Gasteiger partial charge in [-0.25, -0.2) is 0 Å². The lowest BCUT2D eigenvalue weighted by molar-refractivity contribution is -0.179. The van der Waals surface area contributed by atoms with Gasteiger partial charge >= 0.3 is 0 Å². The third kappa shape index (κ3) is 1.90. The van der Waals surface area contributed by atoms with Gasteiger partial charge in [-0.2, -0.15) is 0 Å². The van der Waals surface area contributed by atoms with E-state index in [0.29, 0.717) is 0 Å². The Bertz CT molecular complexity index is 466. The van der Waals surface area contributed by atoms with E-state index in [2.05, 4.69) is 0 Å². The van der Waals surface area contributed by atoms with Gasteiger partial charge in [0, 0.05) is 5.92 Å². The van der Waals surface area contributed by atoms with Crippen LogP contribution in [0.25, 0.3) is 0 Å². The van der Waals surface area contributed by atoms with Gasteiger partial charge in [0.2, 0.25) is 0 Å². The number of rotatable bonds is 1. The second-order valence-electron chi connectivity index (χ2n) is 4.76. The van der Waals surface area contributed by atoms with Crippen LogP contribution in [0.15, 0.2) is 54.6 Å². The number of benzene rings is 1. The number of aliphatic hydroxyl groups is 2. The molecule has 0 amide bonds. The fourth-order valence-electron chi connectivity index (χ4n) is 2.62. The van der Waals surface area contributed by atoms with E-state index in [1.54, 1.807) is 0 Å². The molecule has 3 nitrogen and oxygen atoms in total. The van der Waals surface area contributed by atoms with Gasteiger partial charge in [-0.15, -0.1) is 0 Å². The van der Waals surface area contributed by atoms with Crippen molar-refractivity contribution in [1.29, 1.82) is 0 Å². The Hall–Kier alpha value is -1.42. The molecule has 94 valence electrons. The molecule has 5 atom stereocenters. The summed E-state index contributed by atoms with van der Waals surface area (Å²) in [6.45, 7) is 0. The molecule has 0 spiro atoms. The third-order valence-corrected chi connectivity index (χ3v) is 3.61. The molecular weight excluding hydrogens is 228 g/mol. The van der Waals surface area contributed by atoms with E-state index in [1.807, 2.05) is 54.6 Å². The third-order valence-electron chi connectivity index (χ3n) is 3.61. The van der Waals surface area contributed by atoms with Gasteiger partial charge < -0.3 is 14.9 Å². The summed E-state index contributed by atoms with van der Waals surface area (Å²) in [6, 6.07) is 9.54. The summed E-state index contributed by atoms with van der Waals surface area (Å²) in [6.07, 6.45) is 5.27. The first-order valence-electron chi connectivity index (χ1n) is 6.19. The molecule has 18 heavy (non-hydrogen) atoms. The highest BCUT2D eigenvalue weighted by Gasteiger charge is 2.43. The highest BCUT2D eigenvalue weighted by Crippen LogP contribution is 2.37. The van der Waals surface area contributed by atoms with E-state index in [-0.39, 0.29) is 12.0 Å². The molecule has 0 radical (unpaired) electrons. The molecule has 1 fully saturated rings. The average molecular weight is 244 g/mol. The van der Waals surface area contributed by atoms with Crippen molar-refractivity contribution < 1.29 is 14.9 Å². The SMILES string of the molecule is OC1C(c2ccccc2)OC2C=CC=CC2C1O. The Labute approximate surface area is 106 Å². The predicted molar refractivity (Wildman–Crippen MR) is 67.8 cm³/mol. The normalized spacial score (nSPS) is 38.4. The molecule has 5 unspecified atom stereocenters. The first kappa shape index (κ1) is 11.7. The molecule has 1 aromatic rings. The van der Waals surface area contributed by atoms with Crippen molar-refractivity contribution in [3.63, 3.8) is 0 Å². The first-order valence-corrected chi connectivity index (χ1v) is 6.19. The lowest BCUT2D eigenvalue weighted by Crippen LogP contribution is -2.49. The summed E-state index contributed by atoms with van der Waals surface area (Å²) in [5.74, 6) is -0.162. The van der Waals surface area contributed by atoms with Crippen molar-refractivity contribution in [1.82, 2.24) is 0 Å². The fourth-order valence-corrected chi connectivity index (χ4v) is 2.62. The minimum atomic E-state index is -0.898. The number of aliphatic hydroxyl groups excluding tert-OH is 2. The molecule has 1 aliphatic heterocycles. The van der Waals surface area contributed by atoms with E-state index < -0.39 is 18.3 Å². The summed E-state index contributed by atoms with van der Waals surface area (Å²) >= 11 is 0. The maximum atomic E-state index is 10.2. The number of allylic oxidation sites excluding steroid dienone is 2. The van der Waals surface area contributed by atoms with Gasteiger partial charge in [-0.05, 0) is 5.56 Å². The van der Waals surface area contributed by atoms with E-state index >= 15 is 0 Å². The van der Waals surface area contributed by atoms with E-state index in [4.69, 9.17) is 4.74 Å². The summed E-state index contributed by atoms with van der Waals surface area (Å²) in [5.41, 5.74) is 0.894. The maximum absolute atomic E-state index is 10.2. The summed E-state index contributed by atoms with van der Waals surface area (Å²) in [5, 5.41) is 20.4. The topological polar surface area (TPSA) is 49.7 Å². The van der Waals surface area contributed by atoms with Crippen molar-refractivity contribution in [3.8, 4) is 0 Å². The largest absolute Gasteiger partial charge is 0.390 e.